The van der Waals surface area contributed by atoms with Crippen LogP contribution in [0.1, 0.15) is 56.7 Å². The van der Waals surface area contributed by atoms with Crippen LogP contribution in [-0.4, -0.2) is 24.9 Å². The highest BCUT2D eigenvalue weighted by molar-refractivity contribution is 7.99. The molecule has 4 aromatic rings. The summed E-state index contributed by atoms with van der Waals surface area (Å²) < 4.78 is 4.00. The van der Waals surface area contributed by atoms with E-state index < -0.39 is 0 Å². The average molecular weight is 459 g/mol. The molecule has 33 heavy (non-hydrogen) atoms. The minimum atomic E-state index is -0.204. The average Bonchev–Trinajstić information content (AvgIpc) is 3.28. The van der Waals surface area contributed by atoms with Crippen molar-refractivity contribution in [3.8, 4) is 11.3 Å². The Balaban J connectivity index is 1.90. The minimum absolute atomic E-state index is 0.0685. The van der Waals surface area contributed by atoms with Crippen LogP contribution in [0.25, 0.3) is 17.0 Å². The summed E-state index contributed by atoms with van der Waals surface area (Å²) in [6.07, 6.45) is 3.76. The summed E-state index contributed by atoms with van der Waals surface area (Å²) in [5.41, 5.74) is 5.31. The molecule has 5 nitrogen and oxygen atoms in total. The smallest absolute Gasteiger partial charge is 0.259 e. The van der Waals surface area contributed by atoms with Crippen LogP contribution >= 0.6 is 11.8 Å². The van der Waals surface area contributed by atoms with Gasteiger partial charge < -0.3 is 0 Å². The molecule has 0 N–H and O–H groups in total. The Hall–Kier alpha value is -2.86. The first-order valence-corrected chi connectivity index (χ1v) is 12.9. The number of fused-ring (bicyclic) bond motifs is 5. The van der Waals surface area contributed by atoms with E-state index in [0.29, 0.717) is 12.3 Å². The maximum atomic E-state index is 14.3. The lowest BCUT2D eigenvalue weighted by Gasteiger charge is -2.39. The van der Waals surface area contributed by atoms with Crippen molar-refractivity contribution < 1.29 is 0 Å². The van der Waals surface area contributed by atoms with E-state index in [4.69, 9.17) is 0 Å². The van der Waals surface area contributed by atoms with E-state index in [1.54, 1.807) is 11.8 Å². The van der Waals surface area contributed by atoms with Crippen LogP contribution in [0.3, 0.4) is 0 Å². The fourth-order valence-electron chi connectivity index (χ4n) is 5.21. The maximum absolute atomic E-state index is 14.3. The predicted octanol–water partition coefficient (Wildman–Crippen LogP) is 5.72. The molecular formula is C27H30N4OS. The van der Waals surface area contributed by atoms with Gasteiger partial charge in [0.05, 0.1) is 12.2 Å². The molecular weight excluding hydrogens is 428 g/mol. The van der Waals surface area contributed by atoms with Gasteiger partial charge in [0.2, 0.25) is 5.78 Å². The largest absolute Gasteiger partial charge is 0.272 e. The molecule has 6 heteroatoms. The third-order valence-corrected chi connectivity index (χ3v) is 8.22. The molecule has 0 amide bonds. The number of hydrogen-bond donors (Lipinski definition) is 0. The van der Waals surface area contributed by atoms with Gasteiger partial charge in [-0.3, -0.25) is 13.8 Å². The van der Waals surface area contributed by atoms with Crippen LogP contribution in [-0.2, 0) is 18.4 Å². The first-order chi connectivity index (χ1) is 16.1. The van der Waals surface area contributed by atoms with Crippen LogP contribution in [0.2, 0.25) is 0 Å². The lowest BCUT2D eigenvalue weighted by atomic mass is 9.66. The molecule has 0 unspecified atom stereocenters. The molecule has 0 spiro atoms. The highest BCUT2D eigenvalue weighted by atomic mass is 32.2. The first kappa shape index (κ1) is 22.0. The zero-order chi connectivity index (χ0) is 23.0. The fraction of sp³-hybridized carbons (Fsp3) is 0.370. The number of nitrogens with zero attached hydrogens (tertiary/aromatic N) is 4. The molecule has 0 radical (unpaired) electrons. The van der Waals surface area contributed by atoms with Crippen molar-refractivity contribution in [1.29, 1.82) is 0 Å². The maximum Gasteiger partial charge on any atom is 0.259 e. The summed E-state index contributed by atoms with van der Waals surface area (Å²) in [5.74, 6) is 1.58. The Morgan fingerprint density at radius 3 is 2.42 bits per heavy atom. The summed E-state index contributed by atoms with van der Waals surface area (Å²) in [7, 11) is 0. The molecule has 170 valence electrons. The normalized spacial score (nSPS) is 14.3. The lowest BCUT2D eigenvalue weighted by molar-refractivity contribution is 0.380. The second-order valence-electron chi connectivity index (χ2n) is 8.89. The van der Waals surface area contributed by atoms with E-state index in [2.05, 4.69) is 71.8 Å². The molecule has 0 aliphatic heterocycles. The molecule has 2 aromatic heterocycles. The number of benzene rings is 2. The standard InChI is InChI=1S/C27H30N4OS/c1-4-16-33-26-29-28-25-30(18-19-12-8-7-9-13-19)24(32)22-23(31(25)26)21-15-11-10-14-20(21)17-27(22,5-2)6-3/h7-15H,4-6,16-18H2,1-3H3. The van der Waals surface area contributed by atoms with Crippen molar-refractivity contribution in [3.05, 3.63) is 81.6 Å². The molecule has 1 aliphatic carbocycles. The van der Waals surface area contributed by atoms with Crippen molar-refractivity contribution in [2.24, 2.45) is 0 Å². The van der Waals surface area contributed by atoms with Crippen molar-refractivity contribution in [2.45, 2.75) is 63.6 Å². The molecule has 1 aliphatic rings. The van der Waals surface area contributed by atoms with Gasteiger partial charge in [0.15, 0.2) is 5.16 Å². The fourth-order valence-corrected chi connectivity index (χ4v) is 6.00. The van der Waals surface area contributed by atoms with Gasteiger partial charge in [-0.05, 0) is 36.8 Å². The van der Waals surface area contributed by atoms with Gasteiger partial charge in [-0.1, -0.05) is 87.1 Å². The molecule has 0 atom stereocenters. The van der Waals surface area contributed by atoms with Gasteiger partial charge in [-0.15, -0.1) is 10.2 Å². The van der Waals surface area contributed by atoms with Crippen LogP contribution in [0, 0.1) is 0 Å². The Labute approximate surface area is 198 Å². The van der Waals surface area contributed by atoms with E-state index >= 15 is 0 Å². The monoisotopic (exact) mass is 458 g/mol. The topological polar surface area (TPSA) is 52.2 Å². The van der Waals surface area contributed by atoms with Crippen molar-refractivity contribution in [1.82, 2.24) is 19.2 Å². The second-order valence-corrected chi connectivity index (χ2v) is 9.95. The van der Waals surface area contributed by atoms with Crippen LogP contribution in [0.5, 0.6) is 0 Å². The summed E-state index contributed by atoms with van der Waals surface area (Å²) in [4.78, 5) is 14.3. The molecule has 0 saturated heterocycles. The Kier molecular flexibility index (Phi) is 5.87. The number of aromatic nitrogens is 4. The number of thioether (sulfide) groups is 1. The second kappa shape index (κ2) is 8.82. The zero-order valence-corrected chi connectivity index (χ0v) is 20.4. The van der Waals surface area contributed by atoms with E-state index in [0.717, 1.165) is 59.0 Å². The molecule has 0 bridgehead atoms. The van der Waals surface area contributed by atoms with Crippen molar-refractivity contribution in [2.75, 3.05) is 5.75 Å². The quantitative estimate of drug-likeness (QED) is 0.332. The first-order valence-electron chi connectivity index (χ1n) is 11.9. The highest BCUT2D eigenvalue weighted by Crippen LogP contribution is 2.46. The molecule has 2 heterocycles. The van der Waals surface area contributed by atoms with Gasteiger partial charge in [0, 0.05) is 22.3 Å². The molecule has 0 saturated carbocycles. The summed E-state index contributed by atoms with van der Waals surface area (Å²) in [6, 6.07) is 18.7. The van der Waals surface area contributed by atoms with Crippen molar-refractivity contribution in [3.63, 3.8) is 0 Å². The highest BCUT2D eigenvalue weighted by Gasteiger charge is 2.41. The Morgan fingerprint density at radius 1 is 0.970 bits per heavy atom. The summed E-state index contributed by atoms with van der Waals surface area (Å²) >= 11 is 1.71. The van der Waals surface area contributed by atoms with Gasteiger partial charge in [-0.2, -0.15) is 0 Å². The van der Waals surface area contributed by atoms with Gasteiger partial charge in [0.1, 0.15) is 0 Å². The summed E-state index contributed by atoms with van der Waals surface area (Å²) in [6.45, 7) is 7.08. The molecule has 5 rings (SSSR count). The third kappa shape index (κ3) is 3.52. The van der Waals surface area contributed by atoms with Gasteiger partial charge in [-0.25, -0.2) is 0 Å². The van der Waals surface area contributed by atoms with Gasteiger partial charge >= 0.3 is 0 Å². The lowest BCUT2D eigenvalue weighted by Crippen LogP contribution is -2.41. The van der Waals surface area contributed by atoms with Crippen LogP contribution in [0.15, 0.2) is 64.5 Å². The Bertz CT molecular complexity index is 1350. The molecule has 2 aromatic carbocycles. The van der Waals surface area contributed by atoms with E-state index in [9.17, 15) is 4.79 Å². The summed E-state index contributed by atoms with van der Waals surface area (Å²) in [5, 5.41) is 10.0. The van der Waals surface area contributed by atoms with Crippen molar-refractivity contribution >= 4 is 17.5 Å². The van der Waals surface area contributed by atoms with E-state index in [-0.39, 0.29) is 11.0 Å². The van der Waals surface area contributed by atoms with Crippen LogP contribution in [0.4, 0.5) is 0 Å². The molecule has 0 fully saturated rings. The zero-order valence-electron chi connectivity index (χ0n) is 19.5. The Morgan fingerprint density at radius 2 is 1.70 bits per heavy atom. The SMILES string of the molecule is CCCSc1nnc2n(Cc3ccccc3)c(=O)c3c(n12)-c1ccccc1CC3(CC)CC. The number of rotatable bonds is 7. The van der Waals surface area contributed by atoms with Gasteiger partial charge in [0.25, 0.3) is 5.56 Å². The predicted molar refractivity (Wildman–Crippen MR) is 135 cm³/mol. The van der Waals surface area contributed by atoms with Crippen LogP contribution < -0.4 is 5.56 Å². The third-order valence-electron chi connectivity index (χ3n) is 7.08. The van der Waals surface area contributed by atoms with E-state index in [1.807, 2.05) is 22.8 Å². The number of hydrogen-bond acceptors (Lipinski definition) is 4. The van der Waals surface area contributed by atoms with E-state index in [1.165, 1.54) is 5.56 Å². The minimum Gasteiger partial charge on any atom is -0.272 e.